The minimum Gasteiger partial charge on any atom is -0.326 e. The number of nitrogens with two attached hydrogens (primary N) is 1. The second-order valence-corrected chi connectivity index (χ2v) is 6.13. The Bertz CT molecular complexity index is 578. The zero-order valence-corrected chi connectivity index (χ0v) is 13.6. The number of benzene rings is 2. The molecule has 21 heavy (non-hydrogen) atoms. The van der Waals surface area contributed by atoms with Crippen LogP contribution in [0.5, 0.6) is 0 Å². The lowest BCUT2D eigenvalue weighted by Gasteiger charge is -2.32. The monoisotopic (exact) mass is 302 g/mol. The maximum Gasteiger partial charge on any atom is 0.0511 e. The van der Waals surface area contributed by atoms with Crippen LogP contribution >= 0.6 is 11.6 Å². The highest BCUT2D eigenvalue weighted by atomic mass is 35.5. The molecule has 0 spiro atoms. The van der Waals surface area contributed by atoms with E-state index in [1.54, 1.807) is 0 Å². The first kappa shape index (κ1) is 16.0. The molecule has 0 aliphatic carbocycles. The van der Waals surface area contributed by atoms with E-state index in [9.17, 15) is 0 Å². The smallest absolute Gasteiger partial charge is 0.0511 e. The maximum atomic E-state index is 6.35. The molecule has 2 rings (SSSR count). The van der Waals surface area contributed by atoms with Crippen molar-refractivity contribution in [3.05, 3.63) is 70.2 Å². The molecule has 0 saturated heterocycles. The second-order valence-electron chi connectivity index (χ2n) is 5.73. The van der Waals surface area contributed by atoms with Gasteiger partial charge in [0, 0.05) is 17.6 Å². The highest BCUT2D eigenvalue weighted by Crippen LogP contribution is 2.29. The molecule has 2 atom stereocenters. The summed E-state index contributed by atoms with van der Waals surface area (Å²) in [7, 11) is 2.09. The molecule has 0 bridgehead atoms. The molecule has 2 nitrogen and oxygen atoms in total. The molecule has 2 unspecified atom stereocenters. The van der Waals surface area contributed by atoms with Crippen LogP contribution in [0.4, 0.5) is 0 Å². The van der Waals surface area contributed by atoms with Crippen LogP contribution in [0.3, 0.4) is 0 Å². The van der Waals surface area contributed by atoms with Crippen molar-refractivity contribution in [3.8, 4) is 0 Å². The summed E-state index contributed by atoms with van der Waals surface area (Å²) in [6, 6.07) is 16.6. The molecule has 3 heteroatoms. The number of hydrogen-bond donors (Lipinski definition) is 1. The standard InChI is InChI=1S/C18H23ClN2/c1-13-8-10-15(11-9-13)12-21(3)18(14(2)20)16-6-4-5-7-17(16)19/h4-11,14,18H,12,20H2,1-3H3. The van der Waals surface area contributed by atoms with Gasteiger partial charge < -0.3 is 5.73 Å². The first-order valence-electron chi connectivity index (χ1n) is 7.25. The van der Waals surface area contributed by atoms with E-state index in [0.717, 1.165) is 17.1 Å². The van der Waals surface area contributed by atoms with E-state index in [1.165, 1.54) is 11.1 Å². The molecule has 2 aromatic carbocycles. The average Bonchev–Trinajstić information content (AvgIpc) is 2.43. The lowest BCUT2D eigenvalue weighted by atomic mass is 9.99. The lowest BCUT2D eigenvalue weighted by molar-refractivity contribution is 0.211. The summed E-state index contributed by atoms with van der Waals surface area (Å²) < 4.78 is 0. The first-order valence-corrected chi connectivity index (χ1v) is 7.62. The van der Waals surface area contributed by atoms with E-state index in [0.29, 0.717) is 0 Å². The van der Waals surface area contributed by atoms with Crippen LogP contribution in [0.1, 0.15) is 29.7 Å². The zero-order valence-electron chi connectivity index (χ0n) is 12.9. The highest BCUT2D eigenvalue weighted by Gasteiger charge is 2.23. The predicted molar refractivity (Wildman–Crippen MR) is 90.5 cm³/mol. The maximum absolute atomic E-state index is 6.35. The average molecular weight is 303 g/mol. The Labute approximate surface area is 132 Å². The SMILES string of the molecule is Cc1ccc(CN(C)C(c2ccccc2Cl)C(C)N)cc1. The number of likely N-dealkylation sites (N-methyl/N-ethyl adjacent to an activating group) is 1. The second kappa shape index (κ2) is 7.08. The summed E-state index contributed by atoms with van der Waals surface area (Å²) >= 11 is 6.35. The van der Waals surface area contributed by atoms with Gasteiger partial charge in [0.25, 0.3) is 0 Å². The third-order valence-corrected chi connectivity index (χ3v) is 4.09. The quantitative estimate of drug-likeness (QED) is 0.898. The van der Waals surface area contributed by atoms with Crippen LogP contribution in [0.15, 0.2) is 48.5 Å². The van der Waals surface area contributed by atoms with Gasteiger partial charge in [0.15, 0.2) is 0 Å². The molecule has 0 saturated carbocycles. The Hall–Kier alpha value is -1.35. The van der Waals surface area contributed by atoms with E-state index in [1.807, 2.05) is 25.1 Å². The Morgan fingerprint density at radius 1 is 1.10 bits per heavy atom. The van der Waals surface area contributed by atoms with Crippen molar-refractivity contribution in [2.24, 2.45) is 5.73 Å². The van der Waals surface area contributed by atoms with Crippen LogP contribution in [-0.4, -0.2) is 18.0 Å². The number of hydrogen-bond acceptors (Lipinski definition) is 2. The van der Waals surface area contributed by atoms with E-state index >= 15 is 0 Å². The molecule has 0 aliphatic rings. The molecule has 112 valence electrons. The normalized spacial score (nSPS) is 14.2. The van der Waals surface area contributed by atoms with Gasteiger partial charge in [0.05, 0.1) is 6.04 Å². The molecular weight excluding hydrogens is 280 g/mol. The van der Waals surface area contributed by atoms with Gasteiger partial charge in [-0.1, -0.05) is 59.6 Å². The van der Waals surface area contributed by atoms with Crippen LogP contribution in [0.25, 0.3) is 0 Å². The fraction of sp³-hybridized carbons (Fsp3) is 0.333. The van der Waals surface area contributed by atoms with Gasteiger partial charge in [0.1, 0.15) is 0 Å². The first-order chi connectivity index (χ1) is 9.99. The molecular formula is C18H23ClN2. The van der Waals surface area contributed by atoms with E-state index in [-0.39, 0.29) is 12.1 Å². The number of halogens is 1. The molecule has 0 aromatic heterocycles. The van der Waals surface area contributed by atoms with Gasteiger partial charge in [-0.3, -0.25) is 4.90 Å². The van der Waals surface area contributed by atoms with Crippen LogP contribution in [0, 0.1) is 6.92 Å². The van der Waals surface area contributed by atoms with Crippen molar-refractivity contribution in [3.63, 3.8) is 0 Å². The Balaban J connectivity index is 2.22. The summed E-state index contributed by atoms with van der Waals surface area (Å²) in [6.45, 7) is 4.97. The highest BCUT2D eigenvalue weighted by molar-refractivity contribution is 6.31. The lowest BCUT2D eigenvalue weighted by Crippen LogP contribution is -2.37. The summed E-state index contributed by atoms with van der Waals surface area (Å²) in [5, 5.41) is 0.774. The van der Waals surface area contributed by atoms with Crippen LogP contribution < -0.4 is 5.73 Å². The third kappa shape index (κ3) is 4.07. The summed E-state index contributed by atoms with van der Waals surface area (Å²) in [5.41, 5.74) is 9.86. The van der Waals surface area contributed by atoms with Crippen molar-refractivity contribution >= 4 is 11.6 Å². The fourth-order valence-corrected chi connectivity index (χ4v) is 2.96. The van der Waals surface area contributed by atoms with Crippen LogP contribution in [-0.2, 0) is 6.54 Å². The number of rotatable bonds is 5. The number of aryl methyl sites for hydroxylation is 1. The van der Waals surface area contributed by atoms with E-state index in [2.05, 4.69) is 49.2 Å². The summed E-state index contributed by atoms with van der Waals surface area (Å²) in [5.74, 6) is 0. The fourth-order valence-electron chi connectivity index (χ4n) is 2.72. The zero-order chi connectivity index (χ0) is 15.4. The third-order valence-electron chi connectivity index (χ3n) is 3.75. The molecule has 0 heterocycles. The van der Waals surface area contributed by atoms with E-state index in [4.69, 9.17) is 17.3 Å². The molecule has 2 aromatic rings. The van der Waals surface area contributed by atoms with Gasteiger partial charge in [-0.05, 0) is 38.1 Å². The molecule has 0 aliphatic heterocycles. The Morgan fingerprint density at radius 3 is 2.29 bits per heavy atom. The summed E-state index contributed by atoms with van der Waals surface area (Å²) in [6.07, 6.45) is 0. The van der Waals surface area contributed by atoms with Crippen molar-refractivity contribution in [1.82, 2.24) is 4.90 Å². The Kier molecular flexibility index (Phi) is 5.40. The Morgan fingerprint density at radius 2 is 1.71 bits per heavy atom. The van der Waals surface area contributed by atoms with Crippen molar-refractivity contribution in [2.75, 3.05) is 7.05 Å². The van der Waals surface area contributed by atoms with Gasteiger partial charge in [-0.15, -0.1) is 0 Å². The molecule has 0 radical (unpaired) electrons. The largest absolute Gasteiger partial charge is 0.326 e. The minimum atomic E-state index is 0.000323. The van der Waals surface area contributed by atoms with Gasteiger partial charge in [-0.2, -0.15) is 0 Å². The molecule has 0 amide bonds. The topological polar surface area (TPSA) is 29.3 Å². The van der Waals surface area contributed by atoms with Crippen molar-refractivity contribution in [1.29, 1.82) is 0 Å². The minimum absolute atomic E-state index is 0.000323. The van der Waals surface area contributed by atoms with Gasteiger partial charge >= 0.3 is 0 Å². The van der Waals surface area contributed by atoms with Gasteiger partial charge in [0.2, 0.25) is 0 Å². The van der Waals surface area contributed by atoms with E-state index < -0.39 is 0 Å². The number of nitrogens with zero attached hydrogens (tertiary/aromatic N) is 1. The van der Waals surface area contributed by atoms with Crippen molar-refractivity contribution in [2.45, 2.75) is 32.5 Å². The predicted octanol–water partition coefficient (Wildman–Crippen LogP) is 4.17. The summed E-state index contributed by atoms with van der Waals surface area (Å²) in [4.78, 5) is 2.26. The van der Waals surface area contributed by atoms with Crippen molar-refractivity contribution < 1.29 is 0 Å². The molecule has 0 fully saturated rings. The van der Waals surface area contributed by atoms with Gasteiger partial charge in [-0.25, -0.2) is 0 Å². The van der Waals surface area contributed by atoms with Crippen LogP contribution in [0.2, 0.25) is 5.02 Å². The molecule has 2 N–H and O–H groups in total.